The average Bonchev–Trinajstić information content (AvgIpc) is 3.39. The first-order valence-corrected chi connectivity index (χ1v) is 11.0. The van der Waals surface area contributed by atoms with Crippen molar-refractivity contribution in [3.8, 4) is 27.8 Å². The van der Waals surface area contributed by atoms with Crippen LogP contribution in [0.3, 0.4) is 0 Å². The fraction of sp³-hybridized carbons (Fsp3) is 0.0385. The largest absolute Gasteiger partial charge is 0.383 e. The highest BCUT2D eigenvalue weighted by Crippen LogP contribution is 2.46. The molecule has 160 valence electrons. The molecule has 0 fully saturated rings. The number of nitrogens with zero attached hydrogens (tertiary/aromatic N) is 3. The van der Waals surface area contributed by atoms with Crippen LogP contribution in [0.25, 0.3) is 42.7 Å². The molecule has 6 nitrogen and oxygen atoms in total. The molecule has 0 bridgehead atoms. The van der Waals surface area contributed by atoms with Crippen LogP contribution in [0.1, 0.15) is 5.56 Å². The minimum absolute atomic E-state index is 0.268. The van der Waals surface area contributed by atoms with E-state index in [4.69, 9.17) is 5.73 Å². The SMILES string of the molecule is C=CC(=O)Nc1ccc(-c2c(-c3cc4ccccc4s3)c3c(N)ncc(C#N)c3n2C)cc1. The van der Waals surface area contributed by atoms with Crippen molar-refractivity contribution in [3.05, 3.63) is 79.0 Å². The molecule has 0 aliphatic heterocycles. The molecule has 3 aromatic heterocycles. The normalized spacial score (nSPS) is 10.9. The number of amides is 1. The number of hydrogen-bond donors (Lipinski definition) is 2. The molecule has 1 amide bonds. The number of nitrogens with one attached hydrogen (secondary N) is 1. The number of nitriles is 1. The summed E-state index contributed by atoms with van der Waals surface area (Å²) in [4.78, 5) is 17.0. The highest BCUT2D eigenvalue weighted by molar-refractivity contribution is 7.22. The molecule has 0 unspecified atom stereocenters. The highest BCUT2D eigenvalue weighted by Gasteiger charge is 2.24. The molecule has 0 saturated heterocycles. The van der Waals surface area contributed by atoms with Crippen LogP contribution < -0.4 is 11.1 Å². The number of rotatable bonds is 4. The number of pyridine rings is 1. The summed E-state index contributed by atoms with van der Waals surface area (Å²) in [5.41, 5.74) is 11.1. The Kier molecular flexibility index (Phi) is 4.93. The van der Waals surface area contributed by atoms with Crippen molar-refractivity contribution in [2.24, 2.45) is 7.05 Å². The van der Waals surface area contributed by atoms with Gasteiger partial charge in [-0.25, -0.2) is 4.98 Å². The lowest BCUT2D eigenvalue weighted by Crippen LogP contribution is -2.06. The van der Waals surface area contributed by atoms with E-state index in [9.17, 15) is 10.1 Å². The van der Waals surface area contributed by atoms with Crippen molar-refractivity contribution in [2.75, 3.05) is 11.1 Å². The summed E-state index contributed by atoms with van der Waals surface area (Å²) in [6.45, 7) is 3.49. The first-order valence-electron chi connectivity index (χ1n) is 10.2. The van der Waals surface area contributed by atoms with Crippen molar-refractivity contribution in [3.63, 3.8) is 0 Å². The molecule has 0 aliphatic carbocycles. The van der Waals surface area contributed by atoms with Gasteiger partial charge in [-0.05, 0) is 41.3 Å². The number of nitrogen functional groups attached to an aromatic ring is 1. The van der Waals surface area contributed by atoms with Gasteiger partial charge in [0, 0.05) is 34.1 Å². The molecule has 3 N–H and O–H groups in total. The predicted octanol–water partition coefficient (Wildman–Crippen LogP) is 5.70. The lowest BCUT2D eigenvalue weighted by Gasteiger charge is -2.09. The summed E-state index contributed by atoms with van der Waals surface area (Å²) in [6.07, 6.45) is 2.75. The summed E-state index contributed by atoms with van der Waals surface area (Å²) < 4.78 is 3.17. The van der Waals surface area contributed by atoms with Crippen molar-refractivity contribution >= 4 is 49.7 Å². The van der Waals surface area contributed by atoms with Gasteiger partial charge in [0.05, 0.1) is 22.2 Å². The van der Waals surface area contributed by atoms with Crippen LogP contribution in [0.2, 0.25) is 0 Å². The fourth-order valence-electron chi connectivity index (χ4n) is 4.18. The Morgan fingerprint density at radius 3 is 2.70 bits per heavy atom. The summed E-state index contributed by atoms with van der Waals surface area (Å²) in [5, 5.41) is 14.4. The number of nitrogens with two attached hydrogens (primary N) is 1. The van der Waals surface area contributed by atoms with E-state index >= 15 is 0 Å². The second-order valence-corrected chi connectivity index (χ2v) is 8.68. The van der Waals surface area contributed by atoms with Crippen LogP contribution in [0.4, 0.5) is 11.5 Å². The fourth-order valence-corrected chi connectivity index (χ4v) is 5.29. The second kappa shape index (κ2) is 7.93. The Morgan fingerprint density at radius 2 is 2.00 bits per heavy atom. The maximum Gasteiger partial charge on any atom is 0.247 e. The van der Waals surface area contributed by atoms with Crippen LogP contribution in [0.5, 0.6) is 0 Å². The standard InChI is InChI=1S/C26H19N5OS/c1-3-21(32)30-18-10-8-15(9-11-18)24-22(20-12-16-6-4-5-7-19(16)33-20)23-25(31(24)2)17(13-27)14-29-26(23)28/h3-12,14H,1H2,2H3,(H2,28,29)(H,30,32). The van der Waals surface area contributed by atoms with Crippen LogP contribution in [-0.4, -0.2) is 15.5 Å². The van der Waals surface area contributed by atoms with E-state index in [2.05, 4.69) is 41.1 Å². The molecular weight excluding hydrogens is 430 g/mol. The van der Waals surface area contributed by atoms with E-state index in [-0.39, 0.29) is 5.91 Å². The maximum atomic E-state index is 11.7. The Balaban J connectivity index is 1.81. The average molecular weight is 450 g/mol. The third kappa shape index (κ3) is 3.34. The summed E-state index contributed by atoms with van der Waals surface area (Å²) in [6, 6.07) is 20.2. The van der Waals surface area contributed by atoms with Crippen LogP contribution in [0.15, 0.2) is 73.4 Å². The molecule has 3 heterocycles. The number of benzene rings is 2. The first kappa shape index (κ1) is 20.5. The number of thiophene rings is 1. The number of fused-ring (bicyclic) bond motifs is 2. The second-order valence-electron chi connectivity index (χ2n) is 7.59. The number of carbonyl (C=O) groups excluding carboxylic acids is 1. The lowest BCUT2D eigenvalue weighted by atomic mass is 10.0. The van der Waals surface area contributed by atoms with E-state index in [1.807, 2.05) is 48.0 Å². The lowest BCUT2D eigenvalue weighted by molar-refractivity contribution is -0.111. The van der Waals surface area contributed by atoms with E-state index in [0.717, 1.165) is 38.0 Å². The first-order chi connectivity index (χ1) is 16.0. The van der Waals surface area contributed by atoms with E-state index in [0.29, 0.717) is 17.1 Å². The van der Waals surface area contributed by atoms with Gasteiger partial charge in [0.1, 0.15) is 11.9 Å². The highest BCUT2D eigenvalue weighted by atomic mass is 32.1. The molecular formula is C26H19N5OS. The zero-order valence-electron chi connectivity index (χ0n) is 17.8. The number of aryl methyl sites for hydroxylation is 1. The summed E-state index contributed by atoms with van der Waals surface area (Å²) >= 11 is 1.68. The van der Waals surface area contributed by atoms with Gasteiger partial charge in [-0.1, -0.05) is 36.9 Å². The number of anilines is 2. The monoisotopic (exact) mass is 449 g/mol. The quantitative estimate of drug-likeness (QED) is 0.344. The van der Waals surface area contributed by atoms with Gasteiger partial charge < -0.3 is 15.6 Å². The molecule has 0 saturated carbocycles. The van der Waals surface area contributed by atoms with Crippen LogP contribution in [-0.2, 0) is 11.8 Å². The minimum atomic E-state index is -0.268. The Hall–Kier alpha value is -4.41. The van der Waals surface area contributed by atoms with Gasteiger partial charge in [0.15, 0.2) is 0 Å². The smallest absolute Gasteiger partial charge is 0.247 e. The molecule has 0 spiro atoms. The zero-order valence-corrected chi connectivity index (χ0v) is 18.6. The van der Waals surface area contributed by atoms with E-state index in [1.54, 1.807) is 11.3 Å². The third-order valence-electron chi connectivity index (χ3n) is 5.64. The number of carbonyl (C=O) groups is 1. The van der Waals surface area contributed by atoms with Crippen molar-refractivity contribution < 1.29 is 4.79 Å². The molecule has 5 rings (SSSR count). The van der Waals surface area contributed by atoms with Crippen LogP contribution >= 0.6 is 11.3 Å². The molecule has 0 aliphatic rings. The molecule has 2 aromatic carbocycles. The van der Waals surface area contributed by atoms with E-state index in [1.165, 1.54) is 17.0 Å². The van der Waals surface area contributed by atoms with Gasteiger partial charge in [0.25, 0.3) is 0 Å². The van der Waals surface area contributed by atoms with Crippen molar-refractivity contribution in [2.45, 2.75) is 0 Å². The number of aromatic nitrogens is 2. The molecule has 33 heavy (non-hydrogen) atoms. The molecule has 5 aromatic rings. The topological polar surface area (TPSA) is 96.7 Å². The molecule has 0 radical (unpaired) electrons. The van der Waals surface area contributed by atoms with Gasteiger partial charge >= 0.3 is 0 Å². The van der Waals surface area contributed by atoms with Gasteiger partial charge in [-0.3, -0.25) is 4.79 Å². The number of hydrogen-bond acceptors (Lipinski definition) is 5. The maximum absolute atomic E-state index is 11.7. The Bertz CT molecular complexity index is 1570. The Morgan fingerprint density at radius 1 is 1.24 bits per heavy atom. The summed E-state index contributed by atoms with van der Waals surface area (Å²) in [5.74, 6) is 0.115. The summed E-state index contributed by atoms with van der Waals surface area (Å²) in [7, 11) is 1.93. The van der Waals surface area contributed by atoms with Crippen LogP contribution in [0, 0.1) is 11.3 Å². The Labute approximate surface area is 194 Å². The minimum Gasteiger partial charge on any atom is -0.383 e. The predicted molar refractivity (Wildman–Crippen MR) is 135 cm³/mol. The molecule has 0 atom stereocenters. The van der Waals surface area contributed by atoms with Gasteiger partial charge in [-0.15, -0.1) is 11.3 Å². The zero-order chi connectivity index (χ0) is 23.1. The molecule has 7 heteroatoms. The van der Waals surface area contributed by atoms with Crippen molar-refractivity contribution in [1.29, 1.82) is 5.26 Å². The van der Waals surface area contributed by atoms with Gasteiger partial charge in [0.2, 0.25) is 5.91 Å². The van der Waals surface area contributed by atoms with Gasteiger partial charge in [-0.2, -0.15) is 5.26 Å². The van der Waals surface area contributed by atoms with Crippen molar-refractivity contribution in [1.82, 2.24) is 9.55 Å². The third-order valence-corrected chi connectivity index (χ3v) is 6.78. The van der Waals surface area contributed by atoms with E-state index < -0.39 is 0 Å².